The molecular weight excluding hydrogens is 260 g/mol. The molecule has 1 aromatic rings. The summed E-state index contributed by atoms with van der Waals surface area (Å²) in [6, 6.07) is 10.1. The highest BCUT2D eigenvalue weighted by Gasteiger charge is 2.30. The van der Waals surface area contributed by atoms with Gasteiger partial charge < -0.3 is 9.84 Å². The van der Waals surface area contributed by atoms with Gasteiger partial charge in [-0.3, -0.25) is 4.79 Å². The smallest absolute Gasteiger partial charge is 0.308 e. The van der Waals surface area contributed by atoms with E-state index in [-0.39, 0.29) is 17.1 Å². The number of aliphatic hydroxyl groups excluding tert-OH is 1. The minimum absolute atomic E-state index is 0.0443. The predicted molar refractivity (Wildman–Crippen MR) is 79.1 cm³/mol. The van der Waals surface area contributed by atoms with Gasteiger partial charge in [0.25, 0.3) is 0 Å². The van der Waals surface area contributed by atoms with E-state index in [2.05, 4.69) is 12.1 Å². The van der Waals surface area contributed by atoms with Crippen LogP contribution in [0, 0.1) is 0 Å². The van der Waals surface area contributed by atoms with Crippen LogP contribution >= 0.6 is 11.8 Å². The van der Waals surface area contributed by atoms with Gasteiger partial charge in [0.1, 0.15) is 0 Å². The van der Waals surface area contributed by atoms with Crippen LogP contribution in [-0.4, -0.2) is 28.5 Å². The van der Waals surface area contributed by atoms with Crippen LogP contribution < -0.4 is 0 Å². The fourth-order valence-electron chi connectivity index (χ4n) is 1.56. The zero-order valence-electron chi connectivity index (χ0n) is 11.8. The van der Waals surface area contributed by atoms with E-state index >= 15 is 0 Å². The quantitative estimate of drug-likeness (QED) is 0.781. The zero-order valence-corrected chi connectivity index (χ0v) is 12.6. The first kappa shape index (κ1) is 16.1. The fraction of sp³-hybridized carbons (Fsp3) is 0.533. The van der Waals surface area contributed by atoms with Crippen molar-refractivity contribution in [1.82, 2.24) is 0 Å². The van der Waals surface area contributed by atoms with Crippen LogP contribution in [0.25, 0.3) is 0 Å². The first-order valence-corrected chi connectivity index (χ1v) is 7.46. The number of hydrogen-bond donors (Lipinski definition) is 1. The maximum atomic E-state index is 11.4. The Balaban J connectivity index is 2.48. The predicted octanol–water partition coefficient (Wildman–Crippen LogP) is 3.01. The molecule has 0 heterocycles. The molecule has 0 amide bonds. The van der Waals surface area contributed by atoms with Gasteiger partial charge >= 0.3 is 5.97 Å². The summed E-state index contributed by atoms with van der Waals surface area (Å²) in [7, 11) is 0. The molecule has 0 aromatic heterocycles. The molecule has 0 saturated heterocycles. The summed E-state index contributed by atoms with van der Waals surface area (Å²) >= 11 is 1.64. The van der Waals surface area contributed by atoms with E-state index in [1.165, 1.54) is 5.56 Å². The number of aliphatic hydroxyl groups is 1. The second-order valence-corrected chi connectivity index (χ2v) is 6.53. The zero-order chi connectivity index (χ0) is 14.3. The first-order valence-electron chi connectivity index (χ1n) is 6.47. The van der Waals surface area contributed by atoms with Crippen molar-refractivity contribution in [3.63, 3.8) is 0 Å². The number of esters is 1. The highest BCUT2D eigenvalue weighted by atomic mass is 32.2. The van der Waals surface area contributed by atoms with E-state index in [0.717, 1.165) is 5.75 Å². The van der Waals surface area contributed by atoms with Gasteiger partial charge in [-0.15, -0.1) is 11.8 Å². The highest BCUT2D eigenvalue weighted by Crippen LogP contribution is 2.32. The molecule has 106 valence electrons. The van der Waals surface area contributed by atoms with Crippen molar-refractivity contribution in [1.29, 1.82) is 0 Å². The lowest BCUT2D eigenvalue weighted by atomic mass is 10.0. The number of rotatable bonds is 7. The molecule has 1 aromatic carbocycles. The highest BCUT2D eigenvalue weighted by molar-refractivity contribution is 7.99. The Morgan fingerprint density at radius 1 is 1.37 bits per heavy atom. The van der Waals surface area contributed by atoms with Crippen molar-refractivity contribution in [2.24, 2.45) is 0 Å². The number of ether oxygens (including phenoxy) is 1. The number of benzene rings is 1. The van der Waals surface area contributed by atoms with Crippen molar-refractivity contribution < 1.29 is 14.6 Å². The van der Waals surface area contributed by atoms with Crippen LogP contribution in [0.15, 0.2) is 30.3 Å². The Labute approximate surface area is 119 Å². The van der Waals surface area contributed by atoms with Crippen LogP contribution in [0.4, 0.5) is 0 Å². The summed E-state index contributed by atoms with van der Waals surface area (Å²) in [5.74, 6) is 0.469. The van der Waals surface area contributed by atoms with Crippen LogP contribution in [0.1, 0.15) is 32.8 Å². The largest absolute Gasteiger partial charge is 0.466 e. The van der Waals surface area contributed by atoms with Crippen LogP contribution in [0.3, 0.4) is 0 Å². The van der Waals surface area contributed by atoms with Gasteiger partial charge in [0, 0.05) is 10.5 Å². The summed E-state index contributed by atoms with van der Waals surface area (Å²) in [6.45, 7) is 6.01. The minimum atomic E-state index is -0.708. The van der Waals surface area contributed by atoms with Gasteiger partial charge in [0.15, 0.2) is 0 Å². The molecule has 0 radical (unpaired) electrons. The summed E-state index contributed by atoms with van der Waals surface area (Å²) in [4.78, 5) is 11.4. The topological polar surface area (TPSA) is 46.5 Å². The van der Waals surface area contributed by atoms with E-state index in [1.54, 1.807) is 18.7 Å². The number of hydrogen-bond acceptors (Lipinski definition) is 4. The van der Waals surface area contributed by atoms with Gasteiger partial charge in [-0.1, -0.05) is 30.3 Å². The number of carbonyl (C=O) groups excluding carboxylic acids is 1. The molecule has 0 aliphatic carbocycles. The van der Waals surface area contributed by atoms with E-state index in [4.69, 9.17) is 4.74 Å². The van der Waals surface area contributed by atoms with E-state index in [1.807, 2.05) is 32.0 Å². The molecule has 1 atom stereocenters. The van der Waals surface area contributed by atoms with E-state index in [0.29, 0.717) is 6.61 Å². The lowest BCUT2D eigenvalue weighted by Gasteiger charge is -2.29. The van der Waals surface area contributed by atoms with Gasteiger partial charge in [-0.05, 0) is 26.3 Å². The molecule has 0 fully saturated rings. The third-order valence-electron chi connectivity index (χ3n) is 2.92. The Hall–Kier alpha value is -1.00. The Bertz CT molecular complexity index is 390. The summed E-state index contributed by atoms with van der Waals surface area (Å²) in [5.41, 5.74) is 1.21. The molecule has 0 saturated carbocycles. The molecule has 1 N–H and O–H groups in total. The summed E-state index contributed by atoms with van der Waals surface area (Å²) in [5, 5.41) is 10.1. The first-order chi connectivity index (χ1) is 8.95. The Morgan fingerprint density at radius 2 is 2.00 bits per heavy atom. The summed E-state index contributed by atoms with van der Waals surface area (Å²) < 4.78 is 4.48. The van der Waals surface area contributed by atoms with E-state index < -0.39 is 6.10 Å². The number of thioether (sulfide) groups is 1. The van der Waals surface area contributed by atoms with Crippen LogP contribution in [-0.2, 0) is 15.3 Å². The van der Waals surface area contributed by atoms with Gasteiger partial charge in [0.05, 0.1) is 19.1 Å². The van der Waals surface area contributed by atoms with Gasteiger partial charge in [-0.25, -0.2) is 0 Å². The Kier molecular flexibility index (Phi) is 6.38. The second-order valence-electron chi connectivity index (χ2n) is 4.90. The fourth-order valence-corrected chi connectivity index (χ4v) is 2.57. The molecule has 1 rings (SSSR count). The molecular formula is C15H22O3S. The van der Waals surface area contributed by atoms with Gasteiger partial charge in [0.2, 0.25) is 0 Å². The van der Waals surface area contributed by atoms with E-state index in [9.17, 15) is 9.90 Å². The van der Waals surface area contributed by atoms with Crippen LogP contribution in [0.5, 0.6) is 0 Å². The molecule has 1 unspecified atom stereocenters. The molecule has 4 heteroatoms. The number of carbonyl (C=O) groups is 1. The van der Waals surface area contributed by atoms with Crippen molar-refractivity contribution in [3.8, 4) is 0 Å². The molecule has 0 aliphatic heterocycles. The SMILES string of the molecule is CCOC(=O)CC(O)C(C)(C)SCc1ccccc1. The Morgan fingerprint density at radius 3 is 2.58 bits per heavy atom. The van der Waals surface area contributed by atoms with Gasteiger partial charge in [-0.2, -0.15) is 0 Å². The van der Waals surface area contributed by atoms with Crippen molar-refractivity contribution in [2.45, 2.75) is 43.8 Å². The maximum Gasteiger partial charge on any atom is 0.308 e. The second kappa shape index (κ2) is 7.56. The lowest BCUT2D eigenvalue weighted by molar-refractivity contribution is -0.145. The van der Waals surface area contributed by atoms with Crippen molar-refractivity contribution in [3.05, 3.63) is 35.9 Å². The molecule has 0 bridgehead atoms. The normalized spacial score (nSPS) is 13.1. The molecule has 0 aliphatic rings. The lowest BCUT2D eigenvalue weighted by Crippen LogP contribution is -2.35. The molecule has 19 heavy (non-hydrogen) atoms. The monoisotopic (exact) mass is 282 g/mol. The molecule has 0 spiro atoms. The minimum Gasteiger partial charge on any atom is -0.466 e. The maximum absolute atomic E-state index is 11.4. The third-order valence-corrected chi connectivity index (χ3v) is 4.42. The average molecular weight is 282 g/mol. The van der Waals surface area contributed by atoms with Crippen molar-refractivity contribution >= 4 is 17.7 Å². The standard InChI is InChI=1S/C15H22O3S/c1-4-18-14(17)10-13(16)15(2,3)19-11-12-8-6-5-7-9-12/h5-9,13,16H,4,10-11H2,1-3H3. The molecule has 3 nitrogen and oxygen atoms in total. The van der Waals surface area contributed by atoms with Crippen molar-refractivity contribution in [2.75, 3.05) is 6.61 Å². The van der Waals surface area contributed by atoms with Crippen LogP contribution in [0.2, 0.25) is 0 Å². The summed E-state index contributed by atoms with van der Waals surface area (Å²) in [6.07, 6.45) is -0.664. The third kappa shape index (κ3) is 5.66. The average Bonchev–Trinajstić information content (AvgIpc) is 2.38.